The van der Waals surface area contributed by atoms with Crippen molar-refractivity contribution in [2.24, 2.45) is 0 Å². The standard InChI is InChI=1S/C32H27NO5/c1-20-9-7-11-23(17-20)33-29(22-10-8-14-25(19-22)38-24-12-5-4-6-13-24)28(31(35)32(33)36)30(34)26-18-21(2)15-16-27(26)37-3/h4-19,29,34H,1-3H3/b30-28+. The van der Waals surface area contributed by atoms with Gasteiger partial charge in [0, 0.05) is 5.69 Å². The highest BCUT2D eigenvalue weighted by Gasteiger charge is 2.47. The molecule has 4 aromatic rings. The van der Waals surface area contributed by atoms with Gasteiger partial charge in [0.2, 0.25) is 0 Å². The Labute approximate surface area is 221 Å². The lowest BCUT2D eigenvalue weighted by Crippen LogP contribution is -2.29. The van der Waals surface area contributed by atoms with Crippen LogP contribution >= 0.6 is 0 Å². The zero-order valence-electron chi connectivity index (χ0n) is 21.3. The molecule has 1 saturated heterocycles. The number of rotatable bonds is 6. The van der Waals surface area contributed by atoms with E-state index >= 15 is 0 Å². The molecule has 0 aliphatic carbocycles. The number of anilines is 1. The van der Waals surface area contributed by atoms with Gasteiger partial charge in [0.1, 0.15) is 23.0 Å². The Morgan fingerprint density at radius 3 is 2.24 bits per heavy atom. The summed E-state index contributed by atoms with van der Waals surface area (Å²) in [5.74, 6) is -0.193. The van der Waals surface area contributed by atoms with Crippen molar-refractivity contribution >= 4 is 23.1 Å². The number of ether oxygens (including phenoxy) is 2. The average molecular weight is 506 g/mol. The lowest BCUT2D eigenvalue weighted by Gasteiger charge is -2.26. The predicted molar refractivity (Wildman–Crippen MR) is 147 cm³/mol. The van der Waals surface area contributed by atoms with Gasteiger partial charge in [-0.2, -0.15) is 0 Å². The molecular weight excluding hydrogens is 478 g/mol. The summed E-state index contributed by atoms with van der Waals surface area (Å²) < 4.78 is 11.5. The number of benzene rings is 4. The molecule has 1 amide bonds. The third kappa shape index (κ3) is 4.64. The minimum absolute atomic E-state index is 0.0164. The maximum atomic E-state index is 13.6. The second-order valence-electron chi connectivity index (χ2n) is 9.20. The van der Waals surface area contributed by atoms with E-state index in [1.54, 1.807) is 36.4 Å². The molecule has 0 spiro atoms. The number of aryl methyl sites for hydroxylation is 2. The van der Waals surface area contributed by atoms with Crippen molar-refractivity contribution in [1.29, 1.82) is 0 Å². The van der Waals surface area contributed by atoms with Gasteiger partial charge >= 0.3 is 0 Å². The van der Waals surface area contributed by atoms with Crippen molar-refractivity contribution in [1.82, 2.24) is 0 Å². The number of aliphatic hydroxyl groups excluding tert-OH is 1. The molecule has 0 saturated carbocycles. The van der Waals surface area contributed by atoms with Crippen molar-refractivity contribution in [2.45, 2.75) is 19.9 Å². The fourth-order valence-corrected chi connectivity index (χ4v) is 4.72. The van der Waals surface area contributed by atoms with E-state index in [2.05, 4.69) is 0 Å². The lowest BCUT2D eigenvalue weighted by atomic mass is 9.94. The second-order valence-corrected chi connectivity index (χ2v) is 9.20. The largest absolute Gasteiger partial charge is 0.507 e. The number of hydrogen-bond acceptors (Lipinski definition) is 5. The number of carbonyl (C=O) groups is 2. The predicted octanol–water partition coefficient (Wildman–Crippen LogP) is 6.73. The van der Waals surface area contributed by atoms with Crippen LogP contribution in [0.2, 0.25) is 0 Å². The molecule has 1 aliphatic rings. The van der Waals surface area contributed by atoms with Crippen LogP contribution in [0.25, 0.3) is 5.76 Å². The number of carbonyl (C=O) groups excluding carboxylic acids is 2. The Bertz CT molecular complexity index is 1560. The summed E-state index contributed by atoms with van der Waals surface area (Å²) in [6.07, 6.45) is 0. The molecule has 4 aromatic carbocycles. The molecule has 0 aromatic heterocycles. The van der Waals surface area contributed by atoms with Gasteiger partial charge in [0.15, 0.2) is 0 Å². The first-order valence-electron chi connectivity index (χ1n) is 12.2. The molecule has 38 heavy (non-hydrogen) atoms. The van der Waals surface area contributed by atoms with Crippen LogP contribution in [0.3, 0.4) is 0 Å². The number of ketones is 1. The Kier molecular flexibility index (Phi) is 6.71. The van der Waals surface area contributed by atoms with Gasteiger partial charge in [-0.05, 0) is 73.5 Å². The van der Waals surface area contributed by atoms with Crippen LogP contribution in [-0.2, 0) is 9.59 Å². The Hall–Kier alpha value is -4.84. The molecule has 0 radical (unpaired) electrons. The van der Waals surface area contributed by atoms with E-state index in [0.717, 1.165) is 11.1 Å². The summed E-state index contributed by atoms with van der Waals surface area (Å²) in [7, 11) is 1.49. The highest BCUT2D eigenvalue weighted by molar-refractivity contribution is 6.51. The average Bonchev–Trinajstić information content (AvgIpc) is 3.19. The highest BCUT2D eigenvalue weighted by atomic mass is 16.5. The third-order valence-corrected chi connectivity index (χ3v) is 6.49. The van der Waals surface area contributed by atoms with Gasteiger partial charge in [-0.25, -0.2) is 0 Å². The first-order valence-corrected chi connectivity index (χ1v) is 12.2. The molecule has 1 aliphatic heterocycles. The first kappa shape index (κ1) is 24.8. The van der Waals surface area contributed by atoms with Crippen LogP contribution in [-0.4, -0.2) is 23.9 Å². The van der Waals surface area contributed by atoms with Crippen LogP contribution in [0.5, 0.6) is 17.2 Å². The summed E-state index contributed by atoms with van der Waals surface area (Å²) in [5.41, 5.74) is 3.31. The van der Waals surface area contributed by atoms with Gasteiger partial charge in [0.05, 0.1) is 24.3 Å². The molecule has 0 bridgehead atoms. The Morgan fingerprint density at radius 2 is 1.50 bits per heavy atom. The van der Waals surface area contributed by atoms with Crippen molar-refractivity contribution in [3.05, 3.63) is 125 Å². The molecule has 6 nitrogen and oxygen atoms in total. The molecule has 1 N–H and O–H groups in total. The molecule has 1 heterocycles. The van der Waals surface area contributed by atoms with E-state index < -0.39 is 17.7 Å². The van der Waals surface area contributed by atoms with E-state index in [1.807, 2.05) is 74.5 Å². The molecule has 5 rings (SSSR count). The van der Waals surface area contributed by atoms with Gasteiger partial charge in [-0.3, -0.25) is 14.5 Å². The number of para-hydroxylation sites is 1. The zero-order valence-corrected chi connectivity index (χ0v) is 21.3. The van der Waals surface area contributed by atoms with Crippen LogP contribution in [0.1, 0.15) is 28.3 Å². The normalized spacial score (nSPS) is 16.5. The van der Waals surface area contributed by atoms with E-state index in [-0.39, 0.29) is 11.3 Å². The minimum atomic E-state index is -0.888. The van der Waals surface area contributed by atoms with E-state index in [9.17, 15) is 14.7 Å². The summed E-state index contributed by atoms with van der Waals surface area (Å²) >= 11 is 0. The first-order chi connectivity index (χ1) is 18.4. The smallest absolute Gasteiger partial charge is 0.300 e. The quantitative estimate of drug-likeness (QED) is 0.179. The number of amides is 1. The molecule has 1 fully saturated rings. The van der Waals surface area contributed by atoms with Crippen LogP contribution < -0.4 is 14.4 Å². The summed E-state index contributed by atoms with van der Waals surface area (Å²) in [6.45, 7) is 3.80. The van der Waals surface area contributed by atoms with Crippen molar-refractivity contribution < 1.29 is 24.2 Å². The van der Waals surface area contributed by atoms with Gasteiger partial charge in [0.25, 0.3) is 11.7 Å². The topological polar surface area (TPSA) is 76.1 Å². The second kappa shape index (κ2) is 10.3. The molecule has 1 atom stereocenters. The van der Waals surface area contributed by atoms with Gasteiger partial charge in [-0.1, -0.05) is 54.1 Å². The van der Waals surface area contributed by atoms with Crippen molar-refractivity contribution in [2.75, 3.05) is 12.0 Å². The Balaban J connectivity index is 1.71. The lowest BCUT2D eigenvalue weighted by molar-refractivity contribution is -0.132. The fourth-order valence-electron chi connectivity index (χ4n) is 4.72. The molecule has 190 valence electrons. The zero-order chi connectivity index (χ0) is 26.8. The van der Waals surface area contributed by atoms with Crippen molar-refractivity contribution in [3.8, 4) is 17.2 Å². The Morgan fingerprint density at radius 1 is 0.789 bits per heavy atom. The number of nitrogens with zero attached hydrogens (tertiary/aromatic N) is 1. The maximum Gasteiger partial charge on any atom is 0.300 e. The van der Waals surface area contributed by atoms with Gasteiger partial charge < -0.3 is 14.6 Å². The summed E-state index contributed by atoms with van der Waals surface area (Å²) in [6, 6.07) is 28.3. The fraction of sp³-hybridized carbons (Fsp3) is 0.125. The maximum absolute atomic E-state index is 13.6. The van der Waals surface area contributed by atoms with E-state index in [0.29, 0.717) is 34.1 Å². The number of aliphatic hydroxyl groups is 1. The highest BCUT2D eigenvalue weighted by Crippen LogP contribution is 2.44. The summed E-state index contributed by atoms with van der Waals surface area (Å²) in [5, 5.41) is 11.6. The monoisotopic (exact) mass is 505 g/mol. The molecular formula is C32H27NO5. The van der Waals surface area contributed by atoms with Gasteiger partial charge in [-0.15, -0.1) is 0 Å². The number of hydrogen-bond donors (Lipinski definition) is 1. The van der Waals surface area contributed by atoms with Crippen LogP contribution in [0.15, 0.2) is 103 Å². The van der Waals surface area contributed by atoms with E-state index in [1.165, 1.54) is 12.0 Å². The number of methoxy groups -OCH3 is 1. The van der Waals surface area contributed by atoms with Crippen LogP contribution in [0, 0.1) is 13.8 Å². The summed E-state index contributed by atoms with van der Waals surface area (Å²) in [4.78, 5) is 28.5. The van der Waals surface area contributed by atoms with E-state index in [4.69, 9.17) is 9.47 Å². The molecule has 1 unspecified atom stereocenters. The molecule has 6 heteroatoms. The number of Topliss-reactive ketones (excluding diaryl/α,β-unsaturated/α-hetero) is 1. The van der Waals surface area contributed by atoms with Crippen LogP contribution in [0.4, 0.5) is 5.69 Å². The van der Waals surface area contributed by atoms with Crippen molar-refractivity contribution in [3.63, 3.8) is 0 Å². The third-order valence-electron chi connectivity index (χ3n) is 6.49. The SMILES string of the molecule is COc1ccc(C)cc1/C(O)=C1\C(=O)C(=O)N(c2cccc(C)c2)C1c1cccc(Oc2ccccc2)c1. The minimum Gasteiger partial charge on any atom is -0.507 e.